The molecule has 1 aromatic heterocycles. The van der Waals surface area contributed by atoms with E-state index in [2.05, 4.69) is 26.2 Å². The Hall–Kier alpha value is -1.54. The van der Waals surface area contributed by atoms with Crippen LogP contribution in [0.15, 0.2) is 11.0 Å². The maximum absolute atomic E-state index is 12.4. The van der Waals surface area contributed by atoms with Crippen LogP contribution in [-0.2, 0) is 28.6 Å². The number of rotatable bonds is 5. The molecule has 4 atom stereocenters. The molecule has 2 rings (SSSR count). The average Bonchev–Trinajstić information content (AvgIpc) is 2.84. The molecule has 1 saturated heterocycles. The summed E-state index contributed by atoms with van der Waals surface area (Å²) in [6.07, 6.45) is -1.05. The number of ether oxygens (including phenoxy) is 3. The van der Waals surface area contributed by atoms with Crippen molar-refractivity contribution in [1.29, 1.82) is 0 Å². The van der Waals surface area contributed by atoms with Gasteiger partial charge >= 0.3 is 17.6 Å². The van der Waals surface area contributed by atoms with Crippen LogP contribution in [0.3, 0.4) is 0 Å². The van der Waals surface area contributed by atoms with E-state index in [4.69, 9.17) is 14.2 Å². The number of carbonyl (C=O) groups excluding carboxylic acids is 3. The molecule has 0 spiro atoms. The Bertz CT molecular complexity index is 815. The van der Waals surface area contributed by atoms with Crippen LogP contribution in [0.2, 0.25) is 0 Å². The number of nitrogens with one attached hydrogen (secondary N) is 1. The summed E-state index contributed by atoms with van der Waals surface area (Å²) in [7, 11) is 0. The first kappa shape index (κ1) is 21.8. The predicted octanol–water partition coefficient (Wildman–Crippen LogP) is 0.962. The van der Waals surface area contributed by atoms with Gasteiger partial charge in [-0.2, -0.15) is 4.98 Å². The summed E-state index contributed by atoms with van der Waals surface area (Å²) in [6, 6.07) is 0. The number of carbonyl (C=O) groups is 3. The van der Waals surface area contributed by atoms with E-state index in [-0.39, 0.29) is 18.3 Å². The van der Waals surface area contributed by atoms with Crippen LogP contribution in [0.4, 0.5) is 5.82 Å². The summed E-state index contributed by atoms with van der Waals surface area (Å²) >= 11 is 5.30. The molecule has 1 fully saturated rings. The molecule has 10 nitrogen and oxygen atoms in total. The molecule has 1 aliphatic rings. The average molecular weight is 558 g/mol. The summed E-state index contributed by atoms with van der Waals surface area (Å²) in [5.74, 6) is -1.29. The Kier molecular flexibility index (Phi) is 7.33. The van der Waals surface area contributed by atoms with Gasteiger partial charge in [-0.1, -0.05) is 15.9 Å². The summed E-state index contributed by atoms with van der Waals surface area (Å²) in [6.45, 7) is 3.72. The highest BCUT2D eigenvalue weighted by Gasteiger charge is 2.47. The lowest BCUT2D eigenvalue weighted by molar-refractivity contribution is -0.153. The normalized spacial score (nSPS) is 24.3. The molecule has 0 saturated carbocycles. The van der Waals surface area contributed by atoms with Crippen LogP contribution in [0.5, 0.6) is 0 Å². The number of esters is 2. The van der Waals surface area contributed by atoms with Crippen molar-refractivity contribution in [2.24, 2.45) is 0 Å². The standard InChI is InChI=1S/C15H17BrIN3O7/c1-6(21)18-13-9(17)4-20(15(24)19-13)14-12(26-8(3)23)11(16)10(27-14)5-25-7(2)22/h4,10-12,14H,5H2,1-3H3,(H,18,19,21,24)/t10-,11+,12-,14-/m1/s1. The maximum atomic E-state index is 12.4. The van der Waals surface area contributed by atoms with E-state index in [0.29, 0.717) is 3.57 Å². The van der Waals surface area contributed by atoms with Gasteiger partial charge in [0.1, 0.15) is 12.7 Å². The lowest BCUT2D eigenvalue weighted by Gasteiger charge is -2.22. The van der Waals surface area contributed by atoms with Crippen molar-refractivity contribution in [3.8, 4) is 0 Å². The van der Waals surface area contributed by atoms with Gasteiger partial charge in [-0.25, -0.2) is 4.79 Å². The Morgan fingerprint density at radius 1 is 1.33 bits per heavy atom. The van der Waals surface area contributed by atoms with E-state index in [9.17, 15) is 19.2 Å². The molecule has 27 heavy (non-hydrogen) atoms. The second kappa shape index (κ2) is 9.10. The molecule has 1 aliphatic heterocycles. The van der Waals surface area contributed by atoms with Gasteiger partial charge in [-0.05, 0) is 22.6 Å². The third-order valence-electron chi connectivity index (χ3n) is 3.49. The van der Waals surface area contributed by atoms with Crippen molar-refractivity contribution in [3.63, 3.8) is 0 Å². The Balaban J connectivity index is 2.36. The lowest BCUT2D eigenvalue weighted by Crippen LogP contribution is -2.37. The Morgan fingerprint density at radius 3 is 2.56 bits per heavy atom. The smallest absolute Gasteiger partial charge is 0.351 e. The molecule has 1 amide bonds. The predicted molar refractivity (Wildman–Crippen MR) is 104 cm³/mol. The van der Waals surface area contributed by atoms with Crippen molar-refractivity contribution in [1.82, 2.24) is 9.55 Å². The van der Waals surface area contributed by atoms with Gasteiger partial charge in [0.2, 0.25) is 5.91 Å². The van der Waals surface area contributed by atoms with Crippen LogP contribution in [0, 0.1) is 3.57 Å². The minimum Gasteiger partial charge on any atom is -0.463 e. The zero-order valence-electron chi connectivity index (χ0n) is 14.6. The largest absolute Gasteiger partial charge is 0.463 e. The van der Waals surface area contributed by atoms with Gasteiger partial charge in [0, 0.05) is 27.0 Å². The molecular weight excluding hydrogens is 541 g/mol. The summed E-state index contributed by atoms with van der Waals surface area (Å²) in [4.78, 5) is 49.5. The van der Waals surface area contributed by atoms with Crippen LogP contribution in [0.25, 0.3) is 0 Å². The molecule has 148 valence electrons. The second-order valence-electron chi connectivity index (χ2n) is 5.69. The summed E-state index contributed by atoms with van der Waals surface area (Å²) in [5, 5.41) is 2.46. The molecule has 1 N–H and O–H groups in total. The van der Waals surface area contributed by atoms with Gasteiger partial charge in [0.05, 0.1) is 8.40 Å². The highest BCUT2D eigenvalue weighted by atomic mass is 127. The van der Waals surface area contributed by atoms with E-state index in [1.54, 1.807) is 0 Å². The van der Waals surface area contributed by atoms with Crippen molar-refractivity contribution < 1.29 is 28.6 Å². The highest BCUT2D eigenvalue weighted by molar-refractivity contribution is 14.1. The van der Waals surface area contributed by atoms with Gasteiger partial charge in [-0.15, -0.1) is 0 Å². The zero-order chi connectivity index (χ0) is 20.3. The SMILES string of the molecule is CC(=O)Nc1nc(=O)n([C@@H]2O[C@H](COC(C)=O)[C@H](Br)[C@H]2OC(C)=O)cc1I. The third-order valence-corrected chi connectivity index (χ3v) is 5.39. The van der Waals surface area contributed by atoms with Crippen molar-refractivity contribution in [3.05, 3.63) is 20.3 Å². The molecule has 12 heteroatoms. The van der Waals surface area contributed by atoms with Gasteiger partial charge in [0.25, 0.3) is 0 Å². The van der Waals surface area contributed by atoms with E-state index >= 15 is 0 Å². The van der Waals surface area contributed by atoms with Crippen LogP contribution >= 0.6 is 38.5 Å². The number of hydrogen-bond acceptors (Lipinski definition) is 8. The van der Waals surface area contributed by atoms with Crippen molar-refractivity contribution >= 4 is 62.2 Å². The number of nitrogens with zero attached hydrogens (tertiary/aromatic N) is 2. The van der Waals surface area contributed by atoms with E-state index in [0.717, 1.165) is 0 Å². The molecule has 0 radical (unpaired) electrons. The highest BCUT2D eigenvalue weighted by Crippen LogP contribution is 2.36. The van der Waals surface area contributed by atoms with Crippen molar-refractivity contribution in [2.45, 2.75) is 44.0 Å². The maximum Gasteiger partial charge on any atom is 0.351 e. The molecule has 0 aliphatic carbocycles. The van der Waals surface area contributed by atoms with E-state index < -0.39 is 40.9 Å². The van der Waals surface area contributed by atoms with Gasteiger partial charge in [0.15, 0.2) is 18.1 Å². The fourth-order valence-electron chi connectivity index (χ4n) is 2.45. The fourth-order valence-corrected chi connectivity index (χ4v) is 3.65. The van der Waals surface area contributed by atoms with Crippen LogP contribution < -0.4 is 11.0 Å². The number of amides is 1. The molecule has 0 bridgehead atoms. The first-order valence-electron chi connectivity index (χ1n) is 7.76. The number of aromatic nitrogens is 2. The lowest BCUT2D eigenvalue weighted by atomic mass is 10.2. The summed E-state index contributed by atoms with van der Waals surface area (Å²) in [5.41, 5.74) is -0.700. The van der Waals surface area contributed by atoms with Gasteiger partial charge < -0.3 is 19.5 Å². The number of halogens is 2. The molecule has 2 heterocycles. The molecule has 0 unspecified atom stereocenters. The first-order valence-corrected chi connectivity index (χ1v) is 9.76. The minimum atomic E-state index is -0.987. The zero-order valence-corrected chi connectivity index (χ0v) is 18.3. The van der Waals surface area contributed by atoms with E-state index in [1.807, 2.05) is 22.6 Å². The molecule has 0 aromatic carbocycles. The summed E-state index contributed by atoms with van der Waals surface area (Å²) < 4.78 is 17.7. The monoisotopic (exact) mass is 557 g/mol. The fraction of sp³-hybridized carbons (Fsp3) is 0.533. The molecule has 1 aromatic rings. The second-order valence-corrected chi connectivity index (χ2v) is 7.91. The van der Waals surface area contributed by atoms with Crippen molar-refractivity contribution in [2.75, 3.05) is 11.9 Å². The quantitative estimate of drug-likeness (QED) is 0.322. The minimum absolute atomic E-state index is 0.0806. The van der Waals surface area contributed by atoms with Crippen LogP contribution in [0.1, 0.15) is 27.0 Å². The van der Waals surface area contributed by atoms with Gasteiger partial charge in [-0.3, -0.25) is 19.0 Å². The number of anilines is 1. The first-order chi connectivity index (χ1) is 12.6. The van der Waals surface area contributed by atoms with Crippen LogP contribution in [-0.4, -0.2) is 51.0 Å². The number of hydrogen-bond donors (Lipinski definition) is 1. The third kappa shape index (κ3) is 5.48. The molecular formula is C15H17BrIN3O7. The topological polar surface area (TPSA) is 126 Å². The van der Waals surface area contributed by atoms with E-state index in [1.165, 1.54) is 31.5 Å². The number of alkyl halides is 1. The Morgan fingerprint density at radius 2 is 2.00 bits per heavy atom. The Labute approximate surface area is 176 Å².